The third-order valence-electron chi connectivity index (χ3n) is 9.44. The molecule has 0 spiro atoms. The fourth-order valence-corrected chi connectivity index (χ4v) is 7.68. The van der Waals surface area contributed by atoms with Gasteiger partial charge in [0.25, 0.3) is 0 Å². The third kappa shape index (κ3) is 3.43. The first-order valence-corrected chi connectivity index (χ1v) is 12.7. The van der Waals surface area contributed by atoms with E-state index < -0.39 is 11.0 Å². The number of hydrogen-bond donors (Lipinski definition) is 1. The summed E-state index contributed by atoms with van der Waals surface area (Å²) in [5, 5.41) is 11.9. The first-order chi connectivity index (χ1) is 16.2. The van der Waals surface area contributed by atoms with Crippen LogP contribution in [0.15, 0.2) is 47.1 Å². The molecule has 5 rings (SSSR count). The van der Waals surface area contributed by atoms with E-state index in [-0.39, 0.29) is 30.0 Å². The smallest absolute Gasteiger partial charge is 0.190 e. The lowest BCUT2D eigenvalue weighted by Crippen LogP contribution is -2.56. The second-order valence-electron chi connectivity index (χ2n) is 11.2. The van der Waals surface area contributed by atoms with E-state index in [1.54, 1.807) is 0 Å². The van der Waals surface area contributed by atoms with Crippen LogP contribution in [0.5, 0.6) is 0 Å². The minimum atomic E-state index is -1.36. The maximum atomic E-state index is 13.2. The van der Waals surface area contributed by atoms with Crippen molar-refractivity contribution in [1.82, 2.24) is 0 Å². The van der Waals surface area contributed by atoms with Gasteiger partial charge in [0.05, 0.1) is 0 Å². The molecule has 5 nitrogen and oxygen atoms in total. The molecule has 2 saturated carbocycles. The lowest BCUT2D eigenvalue weighted by molar-refractivity contribution is -0.158. The predicted octanol–water partition coefficient (Wildman–Crippen LogP) is 4.60. The van der Waals surface area contributed by atoms with Crippen molar-refractivity contribution < 1.29 is 19.4 Å². The Morgan fingerprint density at radius 2 is 1.88 bits per heavy atom. The van der Waals surface area contributed by atoms with E-state index in [0.29, 0.717) is 18.8 Å². The number of allylic oxidation sites excluding steroid dienone is 4. The molecule has 2 fully saturated rings. The lowest BCUT2D eigenvalue weighted by Gasteiger charge is -2.54. The van der Waals surface area contributed by atoms with E-state index in [1.807, 2.05) is 20.2 Å². The van der Waals surface area contributed by atoms with E-state index in [1.165, 1.54) is 29.4 Å². The fraction of sp³-hybridized carbons (Fsp3) is 0.586. The SMILES string of the molecule is COCC(=O)C1(O)CCC2C3CCC4=CC(=O)CCC4=C3C(c3ccc(N(C)C)cc3)CC21C. The van der Waals surface area contributed by atoms with Crippen molar-refractivity contribution in [1.29, 1.82) is 0 Å². The average Bonchev–Trinajstić information content (AvgIpc) is 3.10. The van der Waals surface area contributed by atoms with Crippen molar-refractivity contribution in [2.45, 2.75) is 63.4 Å². The van der Waals surface area contributed by atoms with Gasteiger partial charge in [0.2, 0.25) is 0 Å². The van der Waals surface area contributed by atoms with Crippen LogP contribution in [0.3, 0.4) is 0 Å². The molecular weight excluding hydrogens is 426 g/mol. The number of ether oxygens (including phenoxy) is 1. The number of carbonyl (C=O) groups excluding carboxylic acids is 2. The summed E-state index contributed by atoms with van der Waals surface area (Å²) >= 11 is 0. The molecule has 1 N–H and O–H groups in total. The molecule has 5 heteroatoms. The van der Waals surface area contributed by atoms with E-state index in [2.05, 4.69) is 36.1 Å². The van der Waals surface area contributed by atoms with Crippen molar-refractivity contribution in [2.24, 2.45) is 17.3 Å². The Labute approximate surface area is 202 Å². The van der Waals surface area contributed by atoms with Gasteiger partial charge in [0, 0.05) is 44.6 Å². The van der Waals surface area contributed by atoms with Gasteiger partial charge in [-0.1, -0.05) is 24.6 Å². The highest BCUT2D eigenvalue weighted by molar-refractivity contribution is 5.93. The van der Waals surface area contributed by atoms with Gasteiger partial charge < -0.3 is 14.7 Å². The number of benzene rings is 1. The number of Topliss-reactive ketones (excluding diaryl/α,β-unsaturated/α-hetero) is 1. The van der Waals surface area contributed by atoms with E-state index >= 15 is 0 Å². The molecule has 0 amide bonds. The van der Waals surface area contributed by atoms with Crippen molar-refractivity contribution >= 4 is 17.3 Å². The number of rotatable bonds is 5. The van der Waals surface area contributed by atoms with Gasteiger partial charge in [0.1, 0.15) is 12.2 Å². The minimum Gasteiger partial charge on any atom is -0.381 e. The first-order valence-electron chi connectivity index (χ1n) is 12.7. The highest BCUT2D eigenvalue weighted by Gasteiger charge is 2.65. The normalized spacial score (nSPS) is 34.8. The zero-order chi connectivity index (χ0) is 24.3. The summed E-state index contributed by atoms with van der Waals surface area (Å²) in [5.41, 5.74) is 4.62. The molecule has 0 aliphatic heterocycles. The Hall–Kier alpha value is -2.24. The Balaban J connectivity index is 1.65. The topological polar surface area (TPSA) is 66.8 Å². The number of fused-ring (bicyclic) bond motifs is 4. The molecule has 5 atom stereocenters. The summed E-state index contributed by atoms with van der Waals surface area (Å²) < 4.78 is 5.18. The molecule has 182 valence electrons. The van der Waals surface area contributed by atoms with Crippen molar-refractivity contribution in [3.8, 4) is 0 Å². The number of aliphatic hydroxyl groups is 1. The van der Waals surface area contributed by atoms with Crippen molar-refractivity contribution in [2.75, 3.05) is 32.7 Å². The lowest BCUT2D eigenvalue weighted by atomic mass is 9.50. The van der Waals surface area contributed by atoms with Gasteiger partial charge in [-0.05, 0) is 85.3 Å². The molecule has 0 radical (unpaired) electrons. The Bertz CT molecular complexity index is 1070. The van der Waals surface area contributed by atoms with Crippen molar-refractivity contribution in [3.63, 3.8) is 0 Å². The Kier molecular flexibility index (Phi) is 5.84. The molecule has 4 aliphatic carbocycles. The number of nitrogens with zero attached hydrogens (tertiary/aromatic N) is 1. The zero-order valence-electron chi connectivity index (χ0n) is 20.9. The maximum Gasteiger partial charge on any atom is 0.190 e. The predicted molar refractivity (Wildman–Crippen MR) is 133 cm³/mol. The summed E-state index contributed by atoms with van der Waals surface area (Å²) in [4.78, 5) is 27.5. The van der Waals surface area contributed by atoms with Crippen LogP contribution in [0, 0.1) is 17.3 Å². The first kappa shape index (κ1) is 23.5. The van der Waals surface area contributed by atoms with Gasteiger partial charge in [-0.3, -0.25) is 9.59 Å². The second kappa shape index (κ2) is 8.46. The minimum absolute atomic E-state index is 0.0470. The van der Waals surface area contributed by atoms with Crippen LogP contribution in [-0.4, -0.2) is 50.1 Å². The number of hydrogen-bond acceptors (Lipinski definition) is 5. The molecule has 0 aromatic heterocycles. The summed E-state index contributed by atoms with van der Waals surface area (Å²) in [6.07, 6.45) is 7.28. The molecule has 4 aliphatic rings. The molecule has 0 heterocycles. The van der Waals surface area contributed by atoms with E-state index in [0.717, 1.165) is 37.8 Å². The standard InChI is InChI=1S/C29H37NO4/c1-28-16-24(18-5-8-20(9-6-18)30(2)3)27-22-12-10-21(31)15-19(22)7-11-23(27)25(28)13-14-29(28,33)26(32)17-34-4/h5-6,8-9,15,23-25,33H,7,10-14,16-17H2,1-4H3. The fourth-order valence-electron chi connectivity index (χ4n) is 7.68. The maximum absolute atomic E-state index is 13.2. The van der Waals surface area contributed by atoms with Crippen LogP contribution in [0.25, 0.3) is 0 Å². The van der Waals surface area contributed by atoms with Crippen LogP contribution < -0.4 is 4.90 Å². The zero-order valence-corrected chi connectivity index (χ0v) is 20.9. The molecule has 1 aromatic rings. The van der Waals surface area contributed by atoms with Crippen LogP contribution in [0.4, 0.5) is 5.69 Å². The number of anilines is 1. The quantitative estimate of drug-likeness (QED) is 0.691. The number of ketones is 2. The molecular formula is C29H37NO4. The van der Waals surface area contributed by atoms with Crippen LogP contribution >= 0.6 is 0 Å². The largest absolute Gasteiger partial charge is 0.381 e. The summed E-state index contributed by atoms with van der Waals surface area (Å²) in [5.74, 6) is 0.789. The van der Waals surface area contributed by atoms with Gasteiger partial charge in [-0.2, -0.15) is 0 Å². The molecule has 5 unspecified atom stereocenters. The summed E-state index contributed by atoms with van der Waals surface area (Å²) in [7, 11) is 5.60. The number of carbonyl (C=O) groups is 2. The van der Waals surface area contributed by atoms with Crippen molar-refractivity contribution in [3.05, 3.63) is 52.6 Å². The Morgan fingerprint density at radius 1 is 1.15 bits per heavy atom. The monoisotopic (exact) mass is 463 g/mol. The van der Waals surface area contributed by atoms with Gasteiger partial charge >= 0.3 is 0 Å². The van der Waals surface area contributed by atoms with E-state index in [9.17, 15) is 14.7 Å². The highest BCUT2D eigenvalue weighted by atomic mass is 16.5. The molecule has 0 saturated heterocycles. The molecule has 34 heavy (non-hydrogen) atoms. The van der Waals surface area contributed by atoms with Gasteiger partial charge in [-0.25, -0.2) is 0 Å². The van der Waals surface area contributed by atoms with Crippen LogP contribution in [0.2, 0.25) is 0 Å². The van der Waals surface area contributed by atoms with Crippen LogP contribution in [-0.2, 0) is 14.3 Å². The Morgan fingerprint density at radius 3 is 2.56 bits per heavy atom. The van der Waals surface area contributed by atoms with Gasteiger partial charge in [0.15, 0.2) is 11.6 Å². The average molecular weight is 464 g/mol. The highest BCUT2D eigenvalue weighted by Crippen LogP contribution is 2.66. The molecule has 1 aromatic carbocycles. The van der Waals surface area contributed by atoms with E-state index in [4.69, 9.17) is 4.74 Å². The van der Waals surface area contributed by atoms with Gasteiger partial charge in [-0.15, -0.1) is 0 Å². The number of methoxy groups -OCH3 is 1. The molecule has 0 bridgehead atoms. The second-order valence-corrected chi connectivity index (χ2v) is 11.2. The summed E-state index contributed by atoms with van der Waals surface area (Å²) in [6.45, 7) is 2.10. The third-order valence-corrected chi connectivity index (χ3v) is 9.44. The summed E-state index contributed by atoms with van der Waals surface area (Å²) in [6, 6.07) is 8.74. The van der Waals surface area contributed by atoms with Crippen LogP contribution in [0.1, 0.15) is 63.4 Å².